The van der Waals surface area contributed by atoms with Gasteiger partial charge in [0.05, 0.1) is 12.6 Å². The Morgan fingerprint density at radius 1 is 1.47 bits per heavy atom. The summed E-state index contributed by atoms with van der Waals surface area (Å²) in [5.41, 5.74) is 0. The second-order valence-electron chi connectivity index (χ2n) is 4.51. The highest BCUT2D eigenvalue weighted by Gasteiger charge is 2.23. The third kappa shape index (κ3) is 3.07. The van der Waals surface area contributed by atoms with E-state index in [9.17, 15) is 4.79 Å². The van der Waals surface area contributed by atoms with Crippen molar-refractivity contribution >= 4 is 17.2 Å². The largest absolute Gasteiger partial charge is 0.336 e. The molecule has 1 aliphatic rings. The summed E-state index contributed by atoms with van der Waals surface area (Å²) in [7, 11) is 0. The number of hydrogen-bond donors (Lipinski definition) is 1. The molecule has 1 saturated heterocycles. The highest BCUT2D eigenvalue weighted by atomic mass is 32.1. The molecule has 1 aliphatic heterocycles. The summed E-state index contributed by atoms with van der Waals surface area (Å²) in [5.74, 6) is 0.231. The molecule has 0 radical (unpaired) electrons. The van der Waals surface area contributed by atoms with Gasteiger partial charge in [-0.05, 0) is 38.4 Å². The van der Waals surface area contributed by atoms with E-state index in [1.807, 2.05) is 23.2 Å². The Balaban J connectivity index is 2.03. The third-order valence-corrected chi connectivity index (χ3v) is 4.36. The first-order valence-corrected chi connectivity index (χ1v) is 7.12. The number of amides is 1. The monoisotopic (exact) mass is 252 g/mol. The van der Waals surface area contributed by atoms with Crippen LogP contribution in [0.1, 0.15) is 30.0 Å². The molecule has 1 aromatic rings. The van der Waals surface area contributed by atoms with Crippen LogP contribution in [-0.4, -0.2) is 29.9 Å². The van der Waals surface area contributed by atoms with Gasteiger partial charge in [0, 0.05) is 16.3 Å². The molecule has 1 fully saturated rings. The summed E-state index contributed by atoms with van der Waals surface area (Å²) in [6.45, 7) is 6.70. The minimum atomic E-state index is -0.0388. The standard InChI is InChI=1S/C13H20N2OS/c1-3-11-5-6-12(17-11)9-15-8-4-7-14-10(2)13(15)16/h5-6,10,14H,3-4,7-9H2,1-2H3. The molecule has 1 unspecified atom stereocenters. The van der Waals surface area contributed by atoms with E-state index in [1.165, 1.54) is 9.75 Å². The Bertz CT molecular complexity index is 389. The van der Waals surface area contributed by atoms with Crippen molar-refractivity contribution in [3.63, 3.8) is 0 Å². The minimum Gasteiger partial charge on any atom is -0.336 e. The van der Waals surface area contributed by atoms with Gasteiger partial charge in [-0.2, -0.15) is 0 Å². The number of hydrogen-bond acceptors (Lipinski definition) is 3. The molecule has 0 bridgehead atoms. The van der Waals surface area contributed by atoms with Crippen LogP contribution in [0.4, 0.5) is 0 Å². The van der Waals surface area contributed by atoms with Crippen LogP contribution < -0.4 is 5.32 Å². The van der Waals surface area contributed by atoms with Gasteiger partial charge in [0.25, 0.3) is 0 Å². The van der Waals surface area contributed by atoms with Crippen molar-refractivity contribution in [2.45, 2.75) is 39.3 Å². The first-order chi connectivity index (χ1) is 8.20. The van der Waals surface area contributed by atoms with E-state index in [0.717, 1.165) is 32.5 Å². The van der Waals surface area contributed by atoms with Crippen molar-refractivity contribution in [2.24, 2.45) is 0 Å². The van der Waals surface area contributed by atoms with Crippen molar-refractivity contribution in [1.29, 1.82) is 0 Å². The Hall–Kier alpha value is -0.870. The molecule has 0 aromatic carbocycles. The Morgan fingerprint density at radius 2 is 2.24 bits per heavy atom. The number of aryl methyl sites for hydroxylation is 1. The SMILES string of the molecule is CCc1ccc(CN2CCCNC(C)C2=O)s1. The van der Waals surface area contributed by atoms with E-state index in [4.69, 9.17) is 0 Å². The number of nitrogens with one attached hydrogen (secondary N) is 1. The van der Waals surface area contributed by atoms with Crippen molar-refractivity contribution in [1.82, 2.24) is 10.2 Å². The van der Waals surface area contributed by atoms with Crippen LogP contribution >= 0.6 is 11.3 Å². The summed E-state index contributed by atoms with van der Waals surface area (Å²) in [6, 6.07) is 4.28. The summed E-state index contributed by atoms with van der Waals surface area (Å²) < 4.78 is 0. The average Bonchev–Trinajstić information content (AvgIpc) is 2.73. The van der Waals surface area contributed by atoms with Crippen LogP contribution in [0.3, 0.4) is 0 Å². The lowest BCUT2D eigenvalue weighted by Crippen LogP contribution is -2.41. The van der Waals surface area contributed by atoms with Gasteiger partial charge in [-0.1, -0.05) is 6.92 Å². The van der Waals surface area contributed by atoms with Crippen LogP contribution in [0.25, 0.3) is 0 Å². The number of carbonyl (C=O) groups excluding carboxylic acids is 1. The number of nitrogens with zero attached hydrogens (tertiary/aromatic N) is 1. The molecule has 2 heterocycles. The molecule has 1 aromatic heterocycles. The highest BCUT2D eigenvalue weighted by Crippen LogP contribution is 2.19. The minimum absolute atomic E-state index is 0.0388. The molecule has 4 heteroatoms. The Kier molecular flexibility index (Phi) is 4.18. The van der Waals surface area contributed by atoms with Gasteiger partial charge in [0.15, 0.2) is 0 Å². The topological polar surface area (TPSA) is 32.3 Å². The lowest BCUT2D eigenvalue weighted by molar-refractivity contribution is -0.132. The van der Waals surface area contributed by atoms with E-state index >= 15 is 0 Å². The lowest BCUT2D eigenvalue weighted by Gasteiger charge is -2.21. The molecule has 1 N–H and O–H groups in total. The van der Waals surface area contributed by atoms with Crippen LogP contribution in [0.5, 0.6) is 0 Å². The number of carbonyl (C=O) groups is 1. The first-order valence-electron chi connectivity index (χ1n) is 6.30. The maximum Gasteiger partial charge on any atom is 0.239 e. The quantitative estimate of drug-likeness (QED) is 0.892. The normalized spacial score (nSPS) is 21.6. The van der Waals surface area contributed by atoms with Crippen molar-refractivity contribution in [3.05, 3.63) is 21.9 Å². The lowest BCUT2D eigenvalue weighted by atomic mass is 10.3. The van der Waals surface area contributed by atoms with E-state index in [-0.39, 0.29) is 11.9 Å². The molecule has 0 saturated carbocycles. The van der Waals surface area contributed by atoms with Gasteiger partial charge >= 0.3 is 0 Å². The van der Waals surface area contributed by atoms with E-state index in [2.05, 4.69) is 24.4 Å². The summed E-state index contributed by atoms with van der Waals surface area (Å²) in [4.78, 5) is 16.8. The summed E-state index contributed by atoms with van der Waals surface area (Å²) in [6.07, 6.45) is 2.12. The smallest absolute Gasteiger partial charge is 0.239 e. The fraction of sp³-hybridized carbons (Fsp3) is 0.615. The van der Waals surface area contributed by atoms with Crippen molar-refractivity contribution < 1.29 is 4.79 Å². The molecular formula is C13H20N2OS. The number of thiophene rings is 1. The van der Waals surface area contributed by atoms with Crippen LogP contribution in [-0.2, 0) is 17.8 Å². The van der Waals surface area contributed by atoms with Crippen LogP contribution in [0.2, 0.25) is 0 Å². The molecule has 1 atom stereocenters. The van der Waals surface area contributed by atoms with Gasteiger partial charge < -0.3 is 10.2 Å². The Labute approximate surface area is 107 Å². The van der Waals surface area contributed by atoms with Crippen molar-refractivity contribution in [3.8, 4) is 0 Å². The van der Waals surface area contributed by atoms with E-state index in [0.29, 0.717) is 0 Å². The second kappa shape index (κ2) is 5.65. The molecule has 0 spiro atoms. The molecule has 94 valence electrons. The number of rotatable bonds is 3. The zero-order valence-electron chi connectivity index (χ0n) is 10.5. The fourth-order valence-corrected chi connectivity index (χ4v) is 3.08. The molecule has 3 nitrogen and oxygen atoms in total. The maximum atomic E-state index is 12.1. The fourth-order valence-electron chi connectivity index (χ4n) is 2.10. The highest BCUT2D eigenvalue weighted by molar-refractivity contribution is 7.11. The predicted octanol–water partition coefficient (Wildman–Crippen LogP) is 2.02. The summed E-state index contributed by atoms with van der Waals surface area (Å²) >= 11 is 1.82. The van der Waals surface area contributed by atoms with Crippen LogP contribution in [0.15, 0.2) is 12.1 Å². The predicted molar refractivity (Wildman–Crippen MR) is 71.2 cm³/mol. The first kappa shape index (κ1) is 12.6. The maximum absolute atomic E-state index is 12.1. The average molecular weight is 252 g/mol. The van der Waals surface area contributed by atoms with E-state index < -0.39 is 0 Å². The second-order valence-corrected chi connectivity index (χ2v) is 5.76. The van der Waals surface area contributed by atoms with Crippen molar-refractivity contribution in [2.75, 3.05) is 13.1 Å². The van der Waals surface area contributed by atoms with Gasteiger partial charge in [-0.3, -0.25) is 4.79 Å². The zero-order valence-corrected chi connectivity index (χ0v) is 11.3. The third-order valence-electron chi connectivity index (χ3n) is 3.15. The Morgan fingerprint density at radius 3 is 2.94 bits per heavy atom. The van der Waals surface area contributed by atoms with Gasteiger partial charge in [-0.15, -0.1) is 11.3 Å². The zero-order chi connectivity index (χ0) is 12.3. The van der Waals surface area contributed by atoms with Gasteiger partial charge in [0.1, 0.15) is 0 Å². The molecule has 1 amide bonds. The molecule has 17 heavy (non-hydrogen) atoms. The van der Waals surface area contributed by atoms with Crippen LogP contribution in [0, 0.1) is 0 Å². The molecular weight excluding hydrogens is 232 g/mol. The molecule has 2 rings (SSSR count). The van der Waals surface area contributed by atoms with Gasteiger partial charge in [-0.25, -0.2) is 0 Å². The molecule has 0 aliphatic carbocycles. The van der Waals surface area contributed by atoms with E-state index in [1.54, 1.807) is 0 Å². The summed E-state index contributed by atoms with van der Waals surface area (Å²) in [5, 5.41) is 3.24. The van der Waals surface area contributed by atoms with Gasteiger partial charge in [0.2, 0.25) is 5.91 Å².